The maximum Gasteiger partial charge on any atom is 0.104 e. The van der Waals surface area contributed by atoms with Crippen molar-refractivity contribution in [3.8, 4) is 0 Å². The Kier molecular flexibility index (Phi) is 15.1. The zero-order valence-corrected chi connectivity index (χ0v) is 40.1. The molecule has 8 aliphatic carbocycles. The van der Waals surface area contributed by atoms with Gasteiger partial charge < -0.3 is 67.1 Å². The van der Waals surface area contributed by atoms with Gasteiger partial charge in [0.05, 0.1) is 128 Å². The quantitative estimate of drug-likeness (QED) is 0.118. The molecule has 8 bridgehead atoms. The van der Waals surface area contributed by atoms with Crippen LogP contribution in [-0.2, 0) is 56.8 Å². The van der Waals surface area contributed by atoms with Gasteiger partial charge in [-0.2, -0.15) is 0 Å². The van der Waals surface area contributed by atoms with Gasteiger partial charge >= 0.3 is 0 Å². The first-order chi connectivity index (χ1) is 32.1. The van der Waals surface area contributed by atoms with Crippen LogP contribution in [0, 0.1) is 46.3 Å². The third-order valence-corrected chi connectivity index (χ3v) is 18.6. The summed E-state index contributed by atoms with van der Waals surface area (Å²) in [7, 11) is 0. The Morgan fingerprint density at radius 3 is 1.26 bits per heavy atom. The minimum absolute atomic E-state index is 0.149. The van der Waals surface area contributed by atoms with E-state index in [4.69, 9.17) is 56.8 Å². The Morgan fingerprint density at radius 2 is 0.742 bits per heavy atom. The van der Waals surface area contributed by atoms with Crippen LogP contribution in [0.1, 0.15) is 117 Å². The van der Waals surface area contributed by atoms with Crippen LogP contribution in [0.4, 0.5) is 0 Å². The fourth-order valence-corrected chi connectivity index (χ4v) is 14.5. The summed E-state index contributed by atoms with van der Waals surface area (Å²) >= 11 is 0. The second-order valence-corrected chi connectivity index (χ2v) is 23.9. The Balaban J connectivity index is 0.000000146. The topological polar surface area (TPSA) is 164 Å². The summed E-state index contributed by atoms with van der Waals surface area (Å²) < 4.78 is 70.8. The van der Waals surface area contributed by atoms with Crippen molar-refractivity contribution >= 4 is 0 Å². The van der Waals surface area contributed by atoms with Gasteiger partial charge in [0, 0.05) is 0 Å². The van der Waals surface area contributed by atoms with Crippen LogP contribution < -0.4 is 0 Å². The standard InChI is InChI=1S/C27H44O7.C25H40O7/c1-26-8-18(23(10-26)32-15-20-13-29-20)3-5-24(26)33-12-19(28)11-31-22-9-27(2)7-17(22)4-6-25(27)34-16-21-14-30-21;26-19(9-29-22-3-1-16-6-17(22)8-25(16)32-14-21-12-28-21)10-30-24-7-18-5-15(24)2-4-23(18)31-13-20-11-27-20/h17-25,28H,3-16H2,1-2H3;15-26H,1-14H2. The first-order valence-corrected chi connectivity index (χ1v) is 26.9. The third-order valence-electron chi connectivity index (χ3n) is 18.6. The summed E-state index contributed by atoms with van der Waals surface area (Å²) in [6.45, 7) is 12.6. The van der Waals surface area contributed by atoms with Gasteiger partial charge in [0.15, 0.2) is 0 Å². The van der Waals surface area contributed by atoms with E-state index in [9.17, 15) is 10.2 Å². The van der Waals surface area contributed by atoms with Crippen molar-refractivity contribution in [2.45, 2.75) is 202 Å². The van der Waals surface area contributed by atoms with Crippen LogP contribution in [0.3, 0.4) is 0 Å². The second-order valence-electron chi connectivity index (χ2n) is 23.9. The van der Waals surface area contributed by atoms with Gasteiger partial charge in [0.2, 0.25) is 0 Å². The second kappa shape index (κ2) is 20.9. The first kappa shape index (κ1) is 47.7. The maximum atomic E-state index is 10.7. The number of hydrogen-bond donors (Lipinski definition) is 2. The molecule has 0 aromatic heterocycles. The lowest BCUT2D eigenvalue weighted by Gasteiger charge is -2.38. The molecule has 22 unspecified atom stereocenters. The van der Waals surface area contributed by atoms with Crippen molar-refractivity contribution in [2.75, 3.05) is 79.3 Å². The summed E-state index contributed by atoms with van der Waals surface area (Å²) in [5, 5.41) is 21.2. The zero-order chi connectivity index (χ0) is 44.8. The number of ether oxygens (including phenoxy) is 12. The highest BCUT2D eigenvalue weighted by Crippen LogP contribution is 2.55. The van der Waals surface area contributed by atoms with E-state index in [1.807, 2.05) is 0 Å². The lowest BCUT2D eigenvalue weighted by Crippen LogP contribution is -2.38. The summed E-state index contributed by atoms with van der Waals surface area (Å²) in [4.78, 5) is 0. The van der Waals surface area contributed by atoms with E-state index < -0.39 is 12.2 Å². The smallest absolute Gasteiger partial charge is 0.104 e. The highest BCUT2D eigenvalue weighted by atomic mass is 16.6. The molecule has 14 nitrogen and oxygen atoms in total. The van der Waals surface area contributed by atoms with Crippen LogP contribution in [-0.4, -0.2) is 175 Å². The van der Waals surface area contributed by atoms with Gasteiger partial charge in [-0.05, 0) is 149 Å². The van der Waals surface area contributed by atoms with Crippen LogP contribution in [0.25, 0.3) is 0 Å². The van der Waals surface area contributed by atoms with E-state index in [-0.39, 0.29) is 35.2 Å². The fourth-order valence-electron chi connectivity index (χ4n) is 14.5. The Labute approximate surface area is 393 Å². The summed E-state index contributed by atoms with van der Waals surface area (Å²) in [5.74, 6) is 3.70. The highest BCUT2D eigenvalue weighted by Gasteiger charge is 2.53. The molecule has 8 saturated carbocycles. The van der Waals surface area contributed by atoms with Gasteiger partial charge in [0.1, 0.15) is 36.6 Å². The molecular weight excluding hydrogens is 849 g/mol. The molecule has 376 valence electrons. The number of hydrogen-bond acceptors (Lipinski definition) is 14. The van der Waals surface area contributed by atoms with E-state index >= 15 is 0 Å². The predicted molar refractivity (Wildman–Crippen MR) is 240 cm³/mol. The van der Waals surface area contributed by atoms with E-state index in [1.54, 1.807) is 0 Å². The van der Waals surface area contributed by atoms with E-state index in [0.717, 1.165) is 123 Å². The number of epoxide rings is 4. The van der Waals surface area contributed by atoms with Crippen LogP contribution in [0.5, 0.6) is 0 Å². The average Bonchev–Trinajstić information content (AvgIpc) is 4.10. The molecule has 0 aromatic carbocycles. The normalized spacial score (nSPS) is 48.7. The largest absolute Gasteiger partial charge is 0.388 e. The Bertz CT molecular complexity index is 1540. The monoisotopic (exact) mass is 933 g/mol. The molecule has 4 saturated heterocycles. The molecule has 4 heterocycles. The molecule has 0 amide bonds. The van der Waals surface area contributed by atoms with Gasteiger partial charge in [-0.15, -0.1) is 0 Å². The first-order valence-electron chi connectivity index (χ1n) is 26.9. The van der Waals surface area contributed by atoms with E-state index in [2.05, 4.69) is 13.8 Å². The van der Waals surface area contributed by atoms with E-state index in [1.165, 1.54) is 32.1 Å². The molecular formula is C52H84O14. The number of aliphatic hydroxyl groups excluding tert-OH is 2. The molecule has 22 atom stereocenters. The molecule has 0 aromatic rings. The minimum Gasteiger partial charge on any atom is -0.388 e. The molecule has 2 N–H and O–H groups in total. The minimum atomic E-state index is -0.575. The van der Waals surface area contributed by atoms with Gasteiger partial charge in [-0.25, -0.2) is 0 Å². The summed E-state index contributed by atoms with van der Waals surface area (Å²) in [6.07, 6.45) is 20.5. The van der Waals surface area contributed by atoms with Gasteiger partial charge in [-0.3, -0.25) is 0 Å². The van der Waals surface area contributed by atoms with Crippen molar-refractivity contribution in [1.29, 1.82) is 0 Å². The molecule has 66 heavy (non-hydrogen) atoms. The predicted octanol–water partition coefficient (Wildman–Crippen LogP) is 5.43. The zero-order valence-electron chi connectivity index (χ0n) is 40.1. The van der Waals surface area contributed by atoms with Gasteiger partial charge in [0.25, 0.3) is 0 Å². The number of fused-ring (bicyclic) bond motifs is 8. The molecule has 4 aliphatic heterocycles. The molecule has 12 fully saturated rings. The summed E-state index contributed by atoms with van der Waals surface area (Å²) in [5.41, 5.74) is 0.333. The average molecular weight is 933 g/mol. The van der Waals surface area contributed by atoms with Crippen molar-refractivity contribution < 1.29 is 67.1 Å². The highest BCUT2D eigenvalue weighted by molar-refractivity contribution is 5.03. The third kappa shape index (κ3) is 12.0. The van der Waals surface area contributed by atoms with Crippen molar-refractivity contribution in [3.63, 3.8) is 0 Å². The van der Waals surface area contributed by atoms with Crippen molar-refractivity contribution in [3.05, 3.63) is 0 Å². The van der Waals surface area contributed by atoms with Crippen molar-refractivity contribution in [2.24, 2.45) is 46.3 Å². The van der Waals surface area contributed by atoms with Crippen LogP contribution in [0.15, 0.2) is 0 Å². The van der Waals surface area contributed by atoms with Crippen LogP contribution >= 0.6 is 0 Å². The molecule has 14 heteroatoms. The lowest BCUT2D eigenvalue weighted by atomic mass is 9.75. The molecule has 0 radical (unpaired) electrons. The maximum absolute atomic E-state index is 10.7. The molecule has 0 spiro atoms. The SMILES string of the molecule is CC12CC(CCC1OCC(O)COC1CC3(C)CC1CCC3OCC1CO1)C(OCC1CO1)C2.OC(COC1CCC2CC1CC2OCC1CO1)COC1CC2CC1CCC2OCC1CO1. The van der Waals surface area contributed by atoms with E-state index in [0.29, 0.717) is 111 Å². The fraction of sp³-hybridized carbons (Fsp3) is 1.00. The Hall–Kier alpha value is -0.560. The molecule has 12 aliphatic rings. The summed E-state index contributed by atoms with van der Waals surface area (Å²) in [6, 6.07) is 0. The Morgan fingerprint density at radius 1 is 0.379 bits per heavy atom. The number of rotatable bonds is 24. The molecule has 12 rings (SSSR count). The van der Waals surface area contributed by atoms with Crippen LogP contribution in [0.2, 0.25) is 0 Å². The van der Waals surface area contributed by atoms with Gasteiger partial charge in [-0.1, -0.05) is 13.8 Å². The lowest BCUT2D eigenvalue weighted by molar-refractivity contribution is -0.104. The number of aliphatic hydroxyl groups is 2. The van der Waals surface area contributed by atoms with Crippen molar-refractivity contribution in [1.82, 2.24) is 0 Å².